The molecule has 0 aromatic heterocycles. The number of rotatable bonds is 3. The maximum Gasteiger partial charge on any atom is 0.319 e. The molecule has 0 radical (unpaired) electrons. The topological polar surface area (TPSA) is 58.2 Å². The zero-order chi connectivity index (χ0) is 18.1. The first-order valence-corrected chi connectivity index (χ1v) is 7.78. The molecule has 7 heteroatoms. The van der Waals surface area contributed by atoms with E-state index in [0.29, 0.717) is 22.3 Å². The van der Waals surface area contributed by atoms with Gasteiger partial charge in [0.25, 0.3) is 0 Å². The van der Waals surface area contributed by atoms with Crippen molar-refractivity contribution in [3.8, 4) is 0 Å². The molecule has 2 aromatic rings. The van der Waals surface area contributed by atoms with E-state index in [0.717, 1.165) is 6.07 Å². The Morgan fingerprint density at radius 1 is 1.12 bits per heavy atom. The summed E-state index contributed by atoms with van der Waals surface area (Å²) in [7, 11) is 0. The van der Waals surface area contributed by atoms with Crippen molar-refractivity contribution in [3.05, 3.63) is 81.5 Å². The van der Waals surface area contributed by atoms with Crippen LogP contribution >= 0.6 is 11.6 Å². The van der Waals surface area contributed by atoms with Gasteiger partial charge < -0.3 is 10.6 Å². The minimum absolute atomic E-state index is 0.00733. The second kappa shape index (κ2) is 6.64. The van der Waals surface area contributed by atoms with E-state index in [-0.39, 0.29) is 11.1 Å². The minimum Gasteiger partial charge on any atom is -0.327 e. The van der Waals surface area contributed by atoms with E-state index < -0.39 is 29.5 Å². The number of urea groups is 1. The summed E-state index contributed by atoms with van der Waals surface area (Å²) in [5.74, 6) is -1.98. The number of Topliss-reactive ketones (excluding diaryl/α,β-unsaturated/α-hetero) is 1. The molecular formula is C18H13ClF2N2O2. The Bertz CT molecular complexity index is 894. The third kappa shape index (κ3) is 3.39. The number of carbonyl (C=O) groups excluding carboxylic acids is 2. The summed E-state index contributed by atoms with van der Waals surface area (Å²) >= 11 is 5.83. The van der Waals surface area contributed by atoms with E-state index in [2.05, 4.69) is 10.6 Å². The fourth-order valence-electron chi connectivity index (χ4n) is 2.72. The fraction of sp³-hybridized carbons (Fsp3) is 0.111. The normalized spacial score (nSPS) is 17.1. The maximum absolute atomic E-state index is 14.2. The molecule has 0 saturated carbocycles. The second-order valence-corrected chi connectivity index (χ2v) is 6.01. The zero-order valence-corrected chi connectivity index (χ0v) is 13.8. The summed E-state index contributed by atoms with van der Waals surface area (Å²) in [5, 5.41) is 5.50. The molecule has 1 atom stereocenters. The van der Waals surface area contributed by atoms with Crippen LogP contribution in [0.5, 0.6) is 0 Å². The first-order valence-electron chi connectivity index (χ1n) is 7.40. The van der Waals surface area contributed by atoms with Crippen LogP contribution in [0.25, 0.3) is 0 Å². The van der Waals surface area contributed by atoms with Crippen molar-refractivity contribution in [1.82, 2.24) is 10.6 Å². The summed E-state index contributed by atoms with van der Waals surface area (Å²) in [6, 6.07) is 7.61. The highest BCUT2D eigenvalue weighted by Gasteiger charge is 2.33. The molecule has 0 fully saturated rings. The minimum atomic E-state index is -1.03. The van der Waals surface area contributed by atoms with Gasteiger partial charge in [-0.3, -0.25) is 4.79 Å². The number of amides is 2. The number of nitrogens with one attached hydrogen (secondary N) is 2. The number of hydrogen-bond donors (Lipinski definition) is 2. The van der Waals surface area contributed by atoms with E-state index in [1.54, 1.807) is 31.2 Å². The molecular weight excluding hydrogens is 350 g/mol. The van der Waals surface area contributed by atoms with Gasteiger partial charge >= 0.3 is 6.03 Å². The van der Waals surface area contributed by atoms with E-state index in [1.165, 1.54) is 6.07 Å². The predicted octanol–water partition coefficient (Wildman–Crippen LogP) is 4.13. The molecule has 2 amide bonds. The van der Waals surface area contributed by atoms with E-state index in [1.807, 2.05) is 0 Å². The number of carbonyl (C=O) groups is 2. The van der Waals surface area contributed by atoms with Crippen LogP contribution in [-0.2, 0) is 0 Å². The lowest BCUT2D eigenvalue weighted by atomic mass is 9.89. The van der Waals surface area contributed by atoms with Crippen LogP contribution in [0.3, 0.4) is 0 Å². The lowest BCUT2D eigenvalue weighted by molar-refractivity contribution is 0.102. The molecule has 2 N–H and O–H groups in total. The average Bonchev–Trinajstić information content (AvgIpc) is 2.54. The van der Waals surface area contributed by atoms with Crippen LogP contribution in [-0.4, -0.2) is 11.8 Å². The molecule has 2 aromatic carbocycles. The van der Waals surface area contributed by atoms with Gasteiger partial charge in [-0.1, -0.05) is 17.7 Å². The average molecular weight is 363 g/mol. The summed E-state index contributed by atoms with van der Waals surface area (Å²) in [6.07, 6.45) is 0. The number of ketones is 1. The zero-order valence-electron chi connectivity index (χ0n) is 13.1. The first kappa shape index (κ1) is 17.1. The molecule has 1 heterocycles. The highest BCUT2D eigenvalue weighted by Crippen LogP contribution is 2.31. The molecule has 4 nitrogen and oxygen atoms in total. The van der Waals surface area contributed by atoms with Crippen molar-refractivity contribution in [2.24, 2.45) is 0 Å². The Hall–Kier alpha value is -2.73. The van der Waals surface area contributed by atoms with E-state index in [4.69, 9.17) is 11.6 Å². The number of benzene rings is 2. The number of halogens is 3. The smallest absolute Gasteiger partial charge is 0.319 e. The van der Waals surface area contributed by atoms with Crippen LogP contribution in [0.1, 0.15) is 28.9 Å². The number of hydrogen-bond acceptors (Lipinski definition) is 2. The molecule has 25 heavy (non-hydrogen) atoms. The SMILES string of the molecule is CC1=C(C(=O)c2ccc(Cl)cc2)[C@H](c2ccc(F)cc2F)NC(=O)N1. The summed E-state index contributed by atoms with van der Waals surface area (Å²) in [6.45, 7) is 1.55. The van der Waals surface area contributed by atoms with Crippen molar-refractivity contribution < 1.29 is 18.4 Å². The molecule has 3 rings (SSSR count). The maximum atomic E-state index is 14.2. The third-order valence-electron chi connectivity index (χ3n) is 3.89. The molecule has 0 bridgehead atoms. The van der Waals surface area contributed by atoms with Crippen LogP contribution in [0.4, 0.5) is 13.6 Å². The highest BCUT2D eigenvalue weighted by molar-refractivity contribution is 6.30. The fourth-order valence-corrected chi connectivity index (χ4v) is 2.85. The van der Waals surface area contributed by atoms with Crippen molar-refractivity contribution in [3.63, 3.8) is 0 Å². The molecule has 1 aliphatic heterocycles. The van der Waals surface area contributed by atoms with Gasteiger partial charge in [0, 0.05) is 33.5 Å². The molecule has 0 saturated heterocycles. The van der Waals surface area contributed by atoms with Crippen molar-refractivity contribution in [1.29, 1.82) is 0 Å². The monoisotopic (exact) mass is 362 g/mol. The van der Waals surface area contributed by atoms with Gasteiger partial charge in [-0.05, 0) is 37.3 Å². The van der Waals surface area contributed by atoms with Gasteiger partial charge in [0.1, 0.15) is 11.6 Å². The molecule has 0 unspecified atom stereocenters. The standard InChI is InChI=1S/C18H13ClF2N2O2/c1-9-15(17(24)10-2-4-11(19)5-3-10)16(23-18(25)22-9)13-7-6-12(20)8-14(13)21/h2-8,16H,1H3,(H2,22,23,25)/t16-/m0/s1. The van der Waals surface area contributed by atoms with Crippen LogP contribution in [0.2, 0.25) is 5.02 Å². The Balaban J connectivity index is 2.09. The van der Waals surface area contributed by atoms with E-state index in [9.17, 15) is 18.4 Å². The third-order valence-corrected chi connectivity index (χ3v) is 4.15. The quantitative estimate of drug-likeness (QED) is 0.807. The molecule has 1 aliphatic rings. The molecule has 0 spiro atoms. The van der Waals surface area contributed by atoms with Gasteiger partial charge in [-0.25, -0.2) is 13.6 Å². The number of allylic oxidation sites excluding steroid dienone is 1. The second-order valence-electron chi connectivity index (χ2n) is 5.57. The largest absolute Gasteiger partial charge is 0.327 e. The Kier molecular flexibility index (Phi) is 4.55. The van der Waals surface area contributed by atoms with Gasteiger partial charge in [-0.15, -0.1) is 0 Å². The van der Waals surface area contributed by atoms with Gasteiger partial charge in [0.2, 0.25) is 0 Å². The van der Waals surface area contributed by atoms with Gasteiger partial charge in [-0.2, -0.15) is 0 Å². The lowest BCUT2D eigenvalue weighted by Crippen LogP contribution is -2.45. The molecule has 128 valence electrons. The van der Waals surface area contributed by atoms with Crippen LogP contribution in [0.15, 0.2) is 53.7 Å². The van der Waals surface area contributed by atoms with Crippen molar-refractivity contribution in [2.45, 2.75) is 13.0 Å². The Labute approximate surface area is 147 Å². The molecule has 0 aliphatic carbocycles. The summed E-state index contributed by atoms with van der Waals surface area (Å²) in [4.78, 5) is 24.7. The van der Waals surface area contributed by atoms with Crippen LogP contribution in [0, 0.1) is 11.6 Å². The summed E-state index contributed by atoms with van der Waals surface area (Å²) < 4.78 is 27.4. The predicted molar refractivity (Wildman–Crippen MR) is 89.2 cm³/mol. The van der Waals surface area contributed by atoms with Gasteiger partial charge in [0.15, 0.2) is 5.78 Å². The van der Waals surface area contributed by atoms with Gasteiger partial charge in [0.05, 0.1) is 6.04 Å². The first-order chi connectivity index (χ1) is 11.9. The Morgan fingerprint density at radius 3 is 2.44 bits per heavy atom. The highest BCUT2D eigenvalue weighted by atomic mass is 35.5. The summed E-state index contributed by atoms with van der Waals surface area (Å²) in [5.41, 5.74) is 0.821. The lowest BCUT2D eigenvalue weighted by Gasteiger charge is -2.29. The van der Waals surface area contributed by atoms with Crippen molar-refractivity contribution in [2.75, 3.05) is 0 Å². The Morgan fingerprint density at radius 2 is 1.80 bits per heavy atom. The van der Waals surface area contributed by atoms with Crippen LogP contribution < -0.4 is 10.6 Å². The van der Waals surface area contributed by atoms with E-state index >= 15 is 0 Å². The van der Waals surface area contributed by atoms with Crippen molar-refractivity contribution >= 4 is 23.4 Å².